The van der Waals surface area contributed by atoms with Crippen LogP contribution < -0.4 is 10.1 Å². The number of hydrogen-bond donors (Lipinski definition) is 1. The van der Waals surface area contributed by atoms with Crippen molar-refractivity contribution in [3.63, 3.8) is 0 Å². The van der Waals surface area contributed by atoms with Crippen molar-refractivity contribution in [1.29, 1.82) is 0 Å². The minimum atomic E-state index is -0.601. The van der Waals surface area contributed by atoms with Gasteiger partial charge in [-0.25, -0.2) is 14.8 Å². The predicted octanol–water partition coefficient (Wildman–Crippen LogP) is 3.59. The monoisotopic (exact) mass is 403 g/mol. The normalized spacial score (nSPS) is 10.4. The fourth-order valence-corrected chi connectivity index (χ4v) is 3.43. The SMILES string of the molecule is Cc1csc(NC(=O)COC(=O)c2cccc(OCc3csc(C)n3)c2)n1. The van der Waals surface area contributed by atoms with Crippen LogP contribution in [0.3, 0.4) is 0 Å². The third-order valence-electron chi connectivity index (χ3n) is 3.32. The lowest BCUT2D eigenvalue weighted by atomic mass is 10.2. The minimum absolute atomic E-state index is 0.305. The van der Waals surface area contributed by atoms with E-state index in [9.17, 15) is 9.59 Å². The third-order valence-corrected chi connectivity index (χ3v) is 5.02. The van der Waals surface area contributed by atoms with E-state index in [0.29, 0.717) is 23.1 Å². The first-order chi connectivity index (χ1) is 13.0. The molecule has 0 saturated carbocycles. The average molecular weight is 403 g/mol. The van der Waals surface area contributed by atoms with Gasteiger partial charge < -0.3 is 9.47 Å². The van der Waals surface area contributed by atoms with Crippen LogP contribution >= 0.6 is 22.7 Å². The lowest BCUT2D eigenvalue weighted by Gasteiger charge is -2.07. The summed E-state index contributed by atoms with van der Waals surface area (Å²) in [5.74, 6) is -0.516. The summed E-state index contributed by atoms with van der Waals surface area (Å²) in [4.78, 5) is 32.4. The molecule has 9 heteroatoms. The quantitative estimate of drug-likeness (QED) is 0.606. The van der Waals surface area contributed by atoms with Gasteiger partial charge in [0.1, 0.15) is 12.4 Å². The Morgan fingerprint density at radius 1 is 1.15 bits per heavy atom. The smallest absolute Gasteiger partial charge is 0.338 e. The highest BCUT2D eigenvalue weighted by molar-refractivity contribution is 7.13. The van der Waals surface area contributed by atoms with Crippen molar-refractivity contribution in [3.8, 4) is 5.75 Å². The van der Waals surface area contributed by atoms with Crippen LogP contribution in [0.4, 0.5) is 5.13 Å². The van der Waals surface area contributed by atoms with Gasteiger partial charge in [0.2, 0.25) is 0 Å². The molecule has 0 radical (unpaired) electrons. The summed E-state index contributed by atoms with van der Waals surface area (Å²) < 4.78 is 10.7. The zero-order valence-electron chi connectivity index (χ0n) is 14.7. The molecule has 0 bridgehead atoms. The topological polar surface area (TPSA) is 90.4 Å². The molecule has 0 saturated heterocycles. The number of ether oxygens (including phenoxy) is 2. The van der Waals surface area contributed by atoms with Gasteiger partial charge in [-0.1, -0.05) is 6.07 Å². The Morgan fingerprint density at radius 3 is 2.70 bits per heavy atom. The maximum Gasteiger partial charge on any atom is 0.338 e. The molecule has 0 aliphatic rings. The number of nitrogens with zero attached hydrogens (tertiary/aromatic N) is 2. The first-order valence-corrected chi connectivity index (χ1v) is 9.78. The standard InChI is InChI=1S/C18H17N3O4S2/c1-11-9-27-18(19-11)21-16(22)8-25-17(23)13-4-3-5-15(6-13)24-7-14-10-26-12(2)20-14/h3-6,9-10H,7-8H2,1-2H3,(H,19,21,22). The van der Waals surface area contributed by atoms with E-state index in [4.69, 9.17) is 9.47 Å². The van der Waals surface area contributed by atoms with Gasteiger partial charge in [0.05, 0.1) is 22.0 Å². The van der Waals surface area contributed by atoms with Crippen molar-refractivity contribution >= 4 is 39.7 Å². The van der Waals surface area contributed by atoms with E-state index in [1.54, 1.807) is 35.6 Å². The molecule has 0 unspecified atom stereocenters. The molecule has 1 aromatic carbocycles. The number of esters is 1. The molecule has 0 atom stereocenters. The van der Waals surface area contributed by atoms with Gasteiger partial charge in [0, 0.05) is 10.8 Å². The molecular formula is C18H17N3O4S2. The second-order valence-electron chi connectivity index (χ2n) is 5.59. The molecular weight excluding hydrogens is 386 g/mol. The van der Waals surface area contributed by atoms with Crippen molar-refractivity contribution < 1.29 is 19.1 Å². The zero-order chi connectivity index (χ0) is 19.2. The molecule has 3 aromatic rings. The van der Waals surface area contributed by atoms with E-state index in [1.807, 2.05) is 24.6 Å². The third kappa shape index (κ3) is 5.60. The lowest BCUT2D eigenvalue weighted by molar-refractivity contribution is -0.119. The van der Waals surface area contributed by atoms with Crippen molar-refractivity contribution in [2.75, 3.05) is 11.9 Å². The number of nitrogens with one attached hydrogen (secondary N) is 1. The first-order valence-electron chi connectivity index (χ1n) is 8.02. The van der Waals surface area contributed by atoms with Gasteiger partial charge in [0.15, 0.2) is 11.7 Å². The zero-order valence-corrected chi connectivity index (χ0v) is 16.4. The van der Waals surface area contributed by atoms with Crippen molar-refractivity contribution in [2.45, 2.75) is 20.5 Å². The number of benzene rings is 1. The maximum absolute atomic E-state index is 12.2. The summed E-state index contributed by atoms with van der Waals surface area (Å²) in [7, 11) is 0. The number of carbonyl (C=O) groups excluding carboxylic acids is 2. The van der Waals surface area contributed by atoms with E-state index in [-0.39, 0.29) is 6.61 Å². The summed E-state index contributed by atoms with van der Waals surface area (Å²) in [5, 5.41) is 7.77. The Hall–Kier alpha value is -2.78. The van der Waals surface area contributed by atoms with Crippen molar-refractivity contribution in [2.24, 2.45) is 0 Å². The average Bonchev–Trinajstić information content (AvgIpc) is 3.26. The summed E-state index contributed by atoms with van der Waals surface area (Å²) in [6, 6.07) is 6.61. The Bertz CT molecular complexity index is 951. The number of carbonyl (C=O) groups is 2. The number of hydrogen-bond acceptors (Lipinski definition) is 8. The van der Waals surface area contributed by atoms with Crippen LogP contribution in [0.15, 0.2) is 35.0 Å². The van der Waals surface area contributed by atoms with Gasteiger partial charge in [0.25, 0.3) is 5.91 Å². The molecule has 27 heavy (non-hydrogen) atoms. The van der Waals surface area contributed by atoms with Crippen molar-refractivity contribution in [1.82, 2.24) is 9.97 Å². The Morgan fingerprint density at radius 2 is 2.00 bits per heavy atom. The van der Waals surface area contributed by atoms with Crippen LogP contribution in [0.25, 0.3) is 0 Å². The van der Waals surface area contributed by atoms with E-state index >= 15 is 0 Å². The maximum atomic E-state index is 12.2. The summed E-state index contributed by atoms with van der Waals surface area (Å²) in [6.07, 6.45) is 0. The van der Waals surface area contributed by atoms with Crippen LogP contribution in [0.5, 0.6) is 5.75 Å². The fourth-order valence-electron chi connectivity index (χ4n) is 2.13. The summed E-state index contributed by atoms with van der Waals surface area (Å²) >= 11 is 2.86. The van der Waals surface area contributed by atoms with Gasteiger partial charge in [-0.3, -0.25) is 10.1 Å². The second-order valence-corrected chi connectivity index (χ2v) is 7.51. The number of amides is 1. The van der Waals surface area contributed by atoms with E-state index in [0.717, 1.165) is 16.4 Å². The molecule has 0 fully saturated rings. The Kier molecular flexibility index (Phi) is 6.15. The molecule has 0 aliphatic heterocycles. The van der Waals surface area contributed by atoms with Crippen LogP contribution in [-0.4, -0.2) is 28.5 Å². The van der Waals surface area contributed by atoms with Gasteiger partial charge in [-0.05, 0) is 32.0 Å². The molecule has 7 nitrogen and oxygen atoms in total. The Balaban J connectivity index is 1.51. The first kappa shape index (κ1) is 19.0. The number of rotatable bonds is 7. The van der Waals surface area contributed by atoms with Crippen LogP contribution in [0, 0.1) is 13.8 Å². The minimum Gasteiger partial charge on any atom is -0.487 e. The van der Waals surface area contributed by atoms with Gasteiger partial charge in [-0.2, -0.15) is 0 Å². The van der Waals surface area contributed by atoms with Crippen molar-refractivity contribution in [3.05, 3.63) is 57.0 Å². The molecule has 3 rings (SSSR count). The highest BCUT2D eigenvalue weighted by Crippen LogP contribution is 2.17. The van der Waals surface area contributed by atoms with Crippen LogP contribution in [-0.2, 0) is 16.1 Å². The van der Waals surface area contributed by atoms with E-state index in [1.165, 1.54) is 11.3 Å². The number of aryl methyl sites for hydroxylation is 2. The fraction of sp³-hybridized carbons (Fsp3) is 0.222. The van der Waals surface area contributed by atoms with Crippen LogP contribution in [0.1, 0.15) is 26.8 Å². The molecule has 2 aromatic heterocycles. The second kappa shape index (κ2) is 8.74. The number of thiazole rings is 2. The van der Waals surface area contributed by atoms with Crippen LogP contribution in [0.2, 0.25) is 0 Å². The highest BCUT2D eigenvalue weighted by Gasteiger charge is 2.12. The van der Waals surface area contributed by atoms with E-state index < -0.39 is 11.9 Å². The molecule has 1 amide bonds. The molecule has 1 N–H and O–H groups in total. The predicted molar refractivity (Wildman–Crippen MR) is 103 cm³/mol. The molecule has 140 valence electrons. The molecule has 0 aliphatic carbocycles. The highest BCUT2D eigenvalue weighted by atomic mass is 32.1. The number of aromatic nitrogens is 2. The van der Waals surface area contributed by atoms with Gasteiger partial charge >= 0.3 is 5.97 Å². The Labute approximate surface area is 164 Å². The lowest BCUT2D eigenvalue weighted by Crippen LogP contribution is -2.20. The summed E-state index contributed by atoms with van der Waals surface area (Å²) in [6.45, 7) is 3.69. The number of anilines is 1. The molecule has 0 spiro atoms. The largest absolute Gasteiger partial charge is 0.487 e. The van der Waals surface area contributed by atoms with Gasteiger partial charge in [-0.15, -0.1) is 22.7 Å². The van der Waals surface area contributed by atoms with E-state index in [2.05, 4.69) is 15.3 Å². The summed E-state index contributed by atoms with van der Waals surface area (Å²) in [5.41, 5.74) is 1.95. The molecule has 2 heterocycles.